The van der Waals surface area contributed by atoms with E-state index in [1.54, 1.807) is 32.3 Å². The van der Waals surface area contributed by atoms with Crippen molar-refractivity contribution in [3.05, 3.63) is 48.3 Å². The number of pyridine rings is 1. The van der Waals surface area contributed by atoms with E-state index in [2.05, 4.69) is 4.98 Å². The largest absolute Gasteiger partial charge is 0.481 e. The normalized spacial score (nSPS) is 11.3. The van der Waals surface area contributed by atoms with Gasteiger partial charge >= 0.3 is 5.97 Å². The molecule has 1 aromatic heterocycles. The van der Waals surface area contributed by atoms with Gasteiger partial charge < -0.3 is 10.8 Å². The summed E-state index contributed by atoms with van der Waals surface area (Å²) in [7, 11) is 0. The molecule has 19 heavy (non-hydrogen) atoms. The van der Waals surface area contributed by atoms with Crippen molar-refractivity contribution in [2.24, 2.45) is 0 Å². The lowest BCUT2D eigenvalue weighted by Gasteiger charge is -2.21. The highest BCUT2D eigenvalue weighted by Crippen LogP contribution is 2.30. The van der Waals surface area contributed by atoms with Crippen LogP contribution >= 0.6 is 0 Å². The summed E-state index contributed by atoms with van der Waals surface area (Å²) in [4.78, 5) is 15.3. The number of rotatable bonds is 3. The first-order chi connectivity index (χ1) is 8.91. The second kappa shape index (κ2) is 4.72. The highest BCUT2D eigenvalue weighted by atomic mass is 16.4. The summed E-state index contributed by atoms with van der Waals surface area (Å²) in [5, 5.41) is 9.30. The van der Waals surface area contributed by atoms with Crippen LogP contribution in [-0.2, 0) is 10.2 Å². The molecule has 1 heterocycles. The molecule has 0 aliphatic heterocycles. The van der Waals surface area contributed by atoms with Crippen LogP contribution in [-0.4, -0.2) is 16.1 Å². The zero-order chi connectivity index (χ0) is 14.0. The molecule has 2 aromatic rings. The molecule has 98 valence electrons. The van der Waals surface area contributed by atoms with Gasteiger partial charge in [0.15, 0.2) is 0 Å². The van der Waals surface area contributed by atoms with Crippen molar-refractivity contribution < 1.29 is 9.90 Å². The SMILES string of the molecule is CC(C)(C(=O)O)c1cc(N)cc(-c2ccncc2)c1. The van der Waals surface area contributed by atoms with Gasteiger partial charge in [0.1, 0.15) is 0 Å². The van der Waals surface area contributed by atoms with E-state index in [-0.39, 0.29) is 0 Å². The van der Waals surface area contributed by atoms with Crippen LogP contribution in [0.1, 0.15) is 19.4 Å². The standard InChI is InChI=1S/C15H16N2O2/c1-15(2,14(18)19)12-7-11(8-13(16)9-12)10-3-5-17-6-4-10/h3-9H,16H2,1-2H3,(H,18,19). The number of carboxylic acids is 1. The van der Waals surface area contributed by atoms with Crippen molar-refractivity contribution in [3.8, 4) is 11.1 Å². The van der Waals surface area contributed by atoms with E-state index in [0.717, 1.165) is 11.1 Å². The van der Waals surface area contributed by atoms with Crippen molar-refractivity contribution in [3.63, 3.8) is 0 Å². The molecule has 0 aliphatic carbocycles. The van der Waals surface area contributed by atoms with Crippen LogP contribution in [0.5, 0.6) is 0 Å². The first-order valence-corrected chi connectivity index (χ1v) is 5.96. The molecule has 0 amide bonds. The molecule has 0 atom stereocenters. The fourth-order valence-corrected chi connectivity index (χ4v) is 1.85. The Kier molecular flexibility index (Phi) is 3.25. The summed E-state index contributed by atoms with van der Waals surface area (Å²) in [5.41, 5.74) is 8.01. The number of anilines is 1. The van der Waals surface area contributed by atoms with E-state index >= 15 is 0 Å². The minimum Gasteiger partial charge on any atom is -0.481 e. The first-order valence-electron chi connectivity index (χ1n) is 5.96. The molecular formula is C15H16N2O2. The number of hydrogen-bond acceptors (Lipinski definition) is 3. The number of benzene rings is 1. The number of aromatic nitrogens is 1. The van der Waals surface area contributed by atoms with Crippen LogP contribution in [0.3, 0.4) is 0 Å². The summed E-state index contributed by atoms with van der Waals surface area (Å²) in [5.74, 6) is -0.876. The van der Waals surface area contributed by atoms with E-state index < -0.39 is 11.4 Å². The van der Waals surface area contributed by atoms with Gasteiger partial charge in [0.2, 0.25) is 0 Å². The Balaban J connectivity index is 2.56. The smallest absolute Gasteiger partial charge is 0.313 e. The summed E-state index contributed by atoms with van der Waals surface area (Å²) >= 11 is 0. The van der Waals surface area contributed by atoms with Gasteiger partial charge in [-0.25, -0.2) is 0 Å². The Labute approximate surface area is 111 Å². The number of aliphatic carboxylic acids is 1. The van der Waals surface area contributed by atoms with Crippen LogP contribution in [0.2, 0.25) is 0 Å². The molecule has 2 rings (SSSR count). The van der Waals surface area contributed by atoms with E-state index in [1.807, 2.05) is 24.3 Å². The number of carboxylic acid groups (broad SMARTS) is 1. The van der Waals surface area contributed by atoms with E-state index in [4.69, 9.17) is 5.73 Å². The molecule has 0 saturated carbocycles. The zero-order valence-electron chi connectivity index (χ0n) is 10.9. The van der Waals surface area contributed by atoms with Crippen LogP contribution < -0.4 is 5.73 Å². The first kappa shape index (κ1) is 13.1. The average Bonchev–Trinajstić information content (AvgIpc) is 2.39. The predicted octanol–water partition coefficient (Wildman–Crippen LogP) is 2.69. The number of nitrogens with two attached hydrogens (primary N) is 1. The third kappa shape index (κ3) is 2.57. The monoisotopic (exact) mass is 256 g/mol. The third-order valence-electron chi connectivity index (χ3n) is 3.23. The molecule has 4 nitrogen and oxygen atoms in total. The lowest BCUT2D eigenvalue weighted by atomic mass is 9.83. The van der Waals surface area contributed by atoms with Crippen LogP contribution in [0.15, 0.2) is 42.7 Å². The minimum absolute atomic E-state index is 0.554. The van der Waals surface area contributed by atoms with Gasteiger partial charge in [-0.1, -0.05) is 0 Å². The molecule has 4 heteroatoms. The molecule has 0 fully saturated rings. The fourth-order valence-electron chi connectivity index (χ4n) is 1.85. The van der Waals surface area contributed by atoms with Crippen LogP contribution in [0, 0.1) is 0 Å². The maximum Gasteiger partial charge on any atom is 0.313 e. The molecule has 0 bridgehead atoms. The fraction of sp³-hybridized carbons (Fsp3) is 0.200. The summed E-state index contributed by atoms with van der Waals surface area (Å²) in [6.07, 6.45) is 3.39. The maximum absolute atomic E-state index is 11.3. The predicted molar refractivity (Wildman–Crippen MR) is 74.7 cm³/mol. The van der Waals surface area contributed by atoms with Crippen molar-refractivity contribution in [2.45, 2.75) is 19.3 Å². The Morgan fingerprint density at radius 2 is 1.79 bits per heavy atom. The lowest BCUT2D eigenvalue weighted by molar-refractivity contribution is -0.142. The molecule has 0 saturated heterocycles. The molecule has 0 spiro atoms. The number of carbonyl (C=O) groups is 1. The number of nitrogen functional groups attached to an aromatic ring is 1. The van der Waals surface area contributed by atoms with E-state index in [0.29, 0.717) is 11.3 Å². The summed E-state index contributed by atoms with van der Waals surface area (Å²) < 4.78 is 0. The van der Waals surface area contributed by atoms with Gasteiger partial charge in [-0.15, -0.1) is 0 Å². The van der Waals surface area contributed by atoms with E-state index in [1.165, 1.54) is 0 Å². The molecule has 3 N–H and O–H groups in total. The average molecular weight is 256 g/mol. The molecule has 0 unspecified atom stereocenters. The Morgan fingerprint density at radius 1 is 1.16 bits per heavy atom. The van der Waals surface area contributed by atoms with Crippen LogP contribution in [0.25, 0.3) is 11.1 Å². The van der Waals surface area contributed by atoms with Crippen molar-refractivity contribution in [1.29, 1.82) is 0 Å². The molecule has 0 aliphatic rings. The highest BCUT2D eigenvalue weighted by molar-refractivity contribution is 5.82. The molecule has 0 radical (unpaired) electrons. The zero-order valence-corrected chi connectivity index (χ0v) is 10.9. The third-order valence-corrected chi connectivity index (χ3v) is 3.23. The molecular weight excluding hydrogens is 240 g/mol. The summed E-state index contributed by atoms with van der Waals surface area (Å²) in [6.45, 7) is 3.33. The quantitative estimate of drug-likeness (QED) is 0.828. The highest BCUT2D eigenvalue weighted by Gasteiger charge is 2.30. The topological polar surface area (TPSA) is 76.2 Å². The summed E-state index contributed by atoms with van der Waals surface area (Å²) in [6, 6.07) is 9.13. The van der Waals surface area contributed by atoms with Crippen molar-refractivity contribution in [1.82, 2.24) is 4.98 Å². The van der Waals surface area contributed by atoms with E-state index in [9.17, 15) is 9.90 Å². The second-order valence-corrected chi connectivity index (χ2v) is 5.01. The number of nitrogens with zero attached hydrogens (tertiary/aromatic N) is 1. The van der Waals surface area contributed by atoms with Gasteiger partial charge in [0, 0.05) is 18.1 Å². The van der Waals surface area contributed by atoms with Crippen molar-refractivity contribution in [2.75, 3.05) is 5.73 Å². The van der Waals surface area contributed by atoms with Gasteiger partial charge in [0.25, 0.3) is 0 Å². The second-order valence-electron chi connectivity index (χ2n) is 5.01. The Morgan fingerprint density at radius 3 is 2.37 bits per heavy atom. The van der Waals surface area contributed by atoms with Gasteiger partial charge in [-0.3, -0.25) is 9.78 Å². The minimum atomic E-state index is -0.975. The van der Waals surface area contributed by atoms with Gasteiger partial charge in [-0.2, -0.15) is 0 Å². The number of hydrogen-bond donors (Lipinski definition) is 2. The Hall–Kier alpha value is -2.36. The van der Waals surface area contributed by atoms with Gasteiger partial charge in [0.05, 0.1) is 5.41 Å². The van der Waals surface area contributed by atoms with Crippen molar-refractivity contribution >= 4 is 11.7 Å². The molecule has 1 aromatic carbocycles. The lowest BCUT2D eigenvalue weighted by Crippen LogP contribution is -2.28. The van der Waals surface area contributed by atoms with Gasteiger partial charge in [-0.05, 0) is 60.9 Å². The Bertz CT molecular complexity index is 607. The van der Waals surface area contributed by atoms with Crippen LogP contribution in [0.4, 0.5) is 5.69 Å². The maximum atomic E-state index is 11.3.